The van der Waals surface area contributed by atoms with Crippen molar-refractivity contribution in [3.63, 3.8) is 0 Å². The zero-order chi connectivity index (χ0) is 14.8. The second kappa shape index (κ2) is 6.43. The summed E-state index contributed by atoms with van der Waals surface area (Å²) in [5, 5.41) is 3.63. The van der Waals surface area contributed by atoms with Crippen molar-refractivity contribution in [1.29, 1.82) is 0 Å². The fraction of sp³-hybridized carbons (Fsp3) is 0.667. The molecule has 0 saturated heterocycles. The Morgan fingerprint density at radius 1 is 1.00 bits per heavy atom. The molecule has 0 spiro atoms. The van der Waals surface area contributed by atoms with Gasteiger partial charge in [-0.05, 0) is 74.1 Å². The second-order valence-corrected chi connectivity index (χ2v) is 7.10. The van der Waals surface area contributed by atoms with E-state index in [0.717, 1.165) is 36.6 Å². The van der Waals surface area contributed by atoms with Gasteiger partial charge in [-0.25, -0.2) is 8.78 Å². The van der Waals surface area contributed by atoms with Crippen LogP contribution in [0.5, 0.6) is 0 Å². The van der Waals surface area contributed by atoms with Crippen LogP contribution in [0.1, 0.15) is 44.6 Å². The van der Waals surface area contributed by atoms with Crippen molar-refractivity contribution in [2.45, 2.75) is 51.5 Å². The first kappa shape index (κ1) is 15.0. The van der Waals surface area contributed by atoms with Crippen molar-refractivity contribution < 1.29 is 8.78 Å². The summed E-state index contributed by atoms with van der Waals surface area (Å²) in [5.41, 5.74) is 0.808. The van der Waals surface area contributed by atoms with E-state index in [-0.39, 0.29) is 0 Å². The van der Waals surface area contributed by atoms with Crippen LogP contribution >= 0.6 is 0 Å². The number of halogens is 2. The van der Waals surface area contributed by atoms with Gasteiger partial charge in [0, 0.05) is 12.1 Å². The highest BCUT2D eigenvalue weighted by atomic mass is 19.1. The predicted molar refractivity (Wildman–Crippen MR) is 81.1 cm³/mol. The molecule has 2 saturated carbocycles. The Morgan fingerprint density at radius 3 is 2.38 bits per heavy atom. The summed E-state index contributed by atoms with van der Waals surface area (Å²) in [6.45, 7) is 3.36. The largest absolute Gasteiger partial charge is 0.314 e. The Hall–Kier alpha value is -0.960. The Bertz CT molecular complexity index is 464. The third-order valence-electron chi connectivity index (χ3n) is 5.07. The molecule has 2 fully saturated rings. The van der Waals surface area contributed by atoms with Gasteiger partial charge in [0.05, 0.1) is 0 Å². The van der Waals surface area contributed by atoms with E-state index in [1.54, 1.807) is 0 Å². The minimum atomic E-state index is -0.457. The van der Waals surface area contributed by atoms with Crippen LogP contribution in [-0.2, 0) is 6.42 Å². The lowest BCUT2D eigenvalue weighted by molar-refractivity contribution is 0.183. The maximum atomic E-state index is 13.4. The molecule has 0 radical (unpaired) electrons. The molecule has 116 valence electrons. The van der Waals surface area contributed by atoms with Crippen LogP contribution in [-0.4, -0.2) is 12.6 Å². The average Bonchev–Trinajstić information content (AvgIpc) is 3.20. The van der Waals surface area contributed by atoms with Crippen molar-refractivity contribution in [2.75, 3.05) is 6.54 Å². The third kappa shape index (κ3) is 4.26. The summed E-state index contributed by atoms with van der Waals surface area (Å²) in [6, 6.07) is 4.68. The number of benzene rings is 1. The summed E-state index contributed by atoms with van der Waals surface area (Å²) in [5.74, 6) is 1.00. The number of nitrogens with one attached hydrogen (secondary N) is 1. The standard InChI is InChI=1S/C18H25F2N/c1-12-2-3-14(11-21-18-4-5-18)15(6-12)7-13-8-16(19)10-17(20)9-13/h8-10,12,14-15,18,21H,2-7,11H2,1H3. The Balaban J connectivity index is 1.65. The maximum Gasteiger partial charge on any atom is 0.126 e. The molecule has 21 heavy (non-hydrogen) atoms. The molecule has 0 amide bonds. The SMILES string of the molecule is CC1CCC(CNC2CC2)C(Cc2cc(F)cc(F)c2)C1. The molecule has 1 aromatic rings. The summed E-state index contributed by atoms with van der Waals surface area (Å²) < 4.78 is 26.7. The molecule has 3 rings (SSSR count). The molecular formula is C18H25F2N. The Labute approximate surface area is 126 Å². The van der Waals surface area contributed by atoms with Crippen LogP contribution < -0.4 is 5.32 Å². The summed E-state index contributed by atoms with van der Waals surface area (Å²) >= 11 is 0. The fourth-order valence-electron chi connectivity index (χ4n) is 3.72. The van der Waals surface area contributed by atoms with Crippen molar-refractivity contribution in [3.8, 4) is 0 Å². The molecule has 2 aliphatic rings. The van der Waals surface area contributed by atoms with Crippen LogP contribution in [0.3, 0.4) is 0 Å². The molecule has 0 heterocycles. The smallest absolute Gasteiger partial charge is 0.126 e. The highest BCUT2D eigenvalue weighted by Crippen LogP contribution is 2.36. The first-order valence-electron chi connectivity index (χ1n) is 8.28. The normalized spacial score (nSPS) is 29.6. The zero-order valence-electron chi connectivity index (χ0n) is 12.7. The van der Waals surface area contributed by atoms with Gasteiger partial charge >= 0.3 is 0 Å². The van der Waals surface area contributed by atoms with E-state index in [1.165, 1.54) is 44.2 Å². The monoisotopic (exact) mass is 293 g/mol. The molecule has 1 N–H and O–H groups in total. The van der Waals surface area contributed by atoms with Gasteiger partial charge in [-0.1, -0.05) is 13.3 Å². The molecule has 0 aliphatic heterocycles. The summed E-state index contributed by atoms with van der Waals surface area (Å²) in [7, 11) is 0. The first-order valence-corrected chi connectivity index (χ1v) is 8.28. The van der Waals surface area contributed by atoms with E-state index >= 15 is 0 Å². The van der Waals surface area contributed by atoms with E-state index in [1.807, 2.05) is 0 Å². The fourth-order valence-corrected chi connectivity index (χ4v) is 3.72. The lowest BCUT2D eigenvalue weighted by Gasteiger charge is -2.35. The van der Waals surface area contributed by atoms with E-state index in [2.05, 4.69) is 12.2 Å². The molecule has 2 aliphatic carbocycles. The topological polar surface area (TPSA) is 12.0 Å². The average molecular weight is 293 g/mol. The summed E-state index contributed by atoms with van der Waals surface area (Å²) in [4.78, 5) is 0. The zero-order valence-corrected chi connectivity index (χ0v) is 12.7. The predicted octanol–water partition coefficient (Wildman–Crippen LogP) is 4.31. The maximum absolute atomic E-state index is 13.4. The van der Waals surface area contributed by atoms with E-state index in [9.17, 15) is 8.78 Å². The Morgan fingerprint density at radius 2 is 1.71 bits per heavy atom. The molecule has 3 heteroatoms. The quantitative estimate of drug-likeness (QED) is 0.853. The molecule has 0 bridgehead atoms. The molecule has 3 atom stereocenters. The molecule has 0 aromatic heterocycles. The minimum Gasteiger partial charge on any atom is -0.314 e. The van der Waals surface area contributed by atoms with Gasteiger partial charge < -0.3 is 5.32 Å². The lowest BCUT2D eigenvalue weighted by atomic mass is 9.72. The minimum absolute atomic E-state index is 0.457. The van der Waals surface area contributed by atoms with E-state index in [0.29, 0.717) is 11.8 Å². The number of rotatable bonds is 5. The van der Waals surface area contributed by atoms with Gasteiger partial charge in [-0.15, -0.1) is 0 Å². The number of hydrogen-bond donors (Lipinski definition) is 1. The van der Waals surface area contributed by atoms with E-state index in [4.69, 9.17) is 0 Å². The van der Waals surface area contributed by atoms with Crippen molar-refractivity contribution in [2.24, 2.45) is 17.8 Å². The van der Waals surface area contributed by atoms with Crippen molar-refractivity contribution in [3.05, 3.63) is 35.4 Å². The molecule has 3 unspecified atom stereocenters. The van der Waals surface area contributed by atoms with Crippen molar-refractivity contribution in [1.82, 2.24) is 5.32 Å². The van der Waals surface area contributed by atoms with Crippen LogP contribution in [0.4, 0.5) is 8.78 Å². The van der Waals surface area contributed by atoms with Crippen molar-refractivity contribution >= 4 is 0 Å². The molecular weight excluding hydrogens is 268 g/mol. The molecule has 1 aromatic carbocycles. The lowest BCUT2D eigenvalue weighted by Crippen LogP contribution is -2.34. The number of hydrogen-bond acceptors (Lipinski definition) is 1. The molecule has 1 nitrogen and oxygen atoms in total. The first-order chi connectivity index (χ1) is 10.1. The van der Waals surface area contributed by atoms with Gasteiger partial charge in [0.1, 0.15) is 11.6 Å². The van der Waals surface area contributed by atoms with Crippen LogP contribution in [0, 0.1) is 29.4 Å². The second-order valence-electron chi connectivity index (χ2n) is 7.10. The Kier molecular flexibility index (Phi) is 4.58. The van der Waals surface area contributed by atoms with Crippen LogP contribution in [0.2, 0.25) is 0 Å². The van der Waals surface area contributed by atoms with Gasteiger partial charge in [0.15, 0.2) is 0 Å². The highest BCUT2D eigenvalue weighted by Gasteiger charge is 2.30. The van der Waals surface area contributed by atoms with E-state index < -0.39 is 11.6 Å². The van der Waals surface area contributed by atoms with Gasteiger partial charge in [-0.3, -0.25) is 0 Å². The highest BCUT2D eigenvalue weighted by molar-refractivity contribution is 5.18. The van der Waals surface area contributed by atoms with Crippen LogP contribution in [0.25, 0.3) is 0 Å². The van der Waals surface area contributed by atoms with Crippen LogP contribution in [0.15, 0.2) is 18.2 Å². The van der Waals surface area contributed by atoms with Gasteiger partial charge in [0.2, 0.25) is 0 Å². The summed E-state index contributed by atoms with van der Waals surface area (Å²) in [6.07, 6.45) is 7.12. The van der Waals surface area contributed by atoms with Gasteiger partial charge in [0.25, 0.3) is 0 Å². The third-order valence-corrected chi connectivity index (χ3v) is 5.07. The van der Waals surface area contributed by atoms with Gasteiger partial charge in [-0.2, -0.15) is 0 Å².